The second-order valence-electron chi connectivity index (χ2n) is 5.23. The maximum atomic E-state index is 12.5. The predicted molar refractivity (Wildman–Crippen MR) is 90.1 cm³/mol. The molecular formula is C18H16ClNO3. The van der Waals surface area contributed by atoms with Crippen LogP contribution in [0.5, 0.6) is 5.75 Å². The molecule has 1 heterocycles. The normalized spacial score (nSPS) is 12.1. The van der Waals surface area contributed by atoms with E-state index in [0.717, 1.165) is 11.0 Å². The quantitative estimate of drug-likeness (QED) is 0.762. The summed E-state index contributed by atoms with van der Waals surface area (Å²) in [5.41, 5.74) is 1.19. The van der Waals surface area contributed by atoms with Crippen molar-refractivity contribution in [1.29, 1.82) is 0 Å². The summed E-state index contributed by atoms with van der Waals surface area (Å²) in [5, 5.41) is 4.39. The van der Waals surface area contributed by atoms with Gasteiger partial charge in [-0.1, -0.05) is 29.8 Å². The lowest BCUT2D eigenvalue weighted by Gasteiger charge is -2.13. The Hall–Kier alpha value is -2.46. The highest BCUT2D eigenvalue weighted by molar-refractivity contribution is 6.31. The first kappa shape index (κ1) is 15.4. The number of hydrogen-bond acceptors (Lipinski definition) is 3. The molecule has 4 nitrogen and oxygen atoms in total. The zero-order valence-electron chi connectivity index (χ0n) is 12.8. The number of carbonyl (C=O) groups is 1. The second-order valence-corrected chi connectivity index (χ2v) is 5.66. The maximum Gasteiger partial charge on any atom is 0.255 e. The summed E-state index contributed by atoms with van der Waals surface area (Å²) in [6.07, 6.45) is 0. The van der Waals surface area contributed by atoms with E-state index in [4.69, 9.17) is 20.8 Å². The van der Waals surface area contributed by atoms with Gasteiger partial charge in [-0.05, 0) is 37.3 Å². The maximum absolute atomic E-state index is 12.5. The number of hydrogen-bond donors (Lipinski definition) is 1. The molecule has 0 spiro atoms. The highest BCUT2D eigenvalue weighted by atomic mass is 35.5. The lowest BCUT2D eigenvalue weighted by atomic mass is 10.1. The third kappa shape index (κ3) is 3.17. The fourth-order valence-electron chi connectivity index (χ4n) is 2.42. The van der Waals surface area contributed by atoms with Gasteiger partial charge in [0.05, 0.1) is 18.7 Å². The van der Waals surface area contributed by atoms with E-state index in [1.165, 1.54) is 7.11 Å². The number of halogens is 1. The first-order chi connectivity index (χ1) is 11.1. The van der Waals surface area contributed by atoms with Crippen LogP contribution in [-0.2, 0) is 0 Å². The Balaban J connectivity index is 1.83. The highest BCUT2D eigenvalue weighted by Gasteiger charge is 2.18. The van der Waals surface area contributed by atoms with E-state index in [0.29, 0.717) is 22.1 Å². The molecule has 0 saturated carbocycles. The molecule has 0 fully saturated rings. The van der Waals surface area contributed by atoms with Crippen molar-refractivity contribution < 1.29 is 13.9 Å². The lowest BCUT2D eigenvalue weighted by molar-refractivity contribution is 0.0932. The van der Waals surface area contributed by atoms with Crippen molar-refractivity contribution in [3.63, 3.8) is 0 Å². The van der Waals surface area contributed by atoms with E-state index in [-0.39, 0.29) is 11.9 Å². The Bertz CT molecular complexity index is 823. The summed E-state index contributed by atoms with van der Waals surface area (Å²) in [6, 6.07) is 14.3. The van der Waals surface area contributed by atoms with Crippen LogP contribution >= 0.6 is 11.6 Å². The smallest absolute Gasteiger partial charge is 0.255 e. The van der Waals surface area contributed by atoms with Gasteiger partial charge in [0, 0.05) is 10.4 Å². The Morgan fingerprint density at radius 1 is 1.22 bits per heavy atom. The van der Waals surface area contributed by atoms with Crippen molar-refractivity contribution in [2.45, 2.75) is 13.0 Å². The fourth-order valence-corrected chi connectivity index (χ4v) is 2.59. The number of fused-ring (bicyclic) bond motifs is 1. The molecule has 0 radical (unpaired) electrons. The number of amides is 1. The van der Waals surface area contributed by atoms with Crippen molar-refractivity contribution in [1.82, 2.24) is 5.32 Å². The first-order valence-electron chi connectivity index (χ1n) is 7.21. The third-order valence-corrected chi connectivity index (χ3v) is 3.86. The van der Waals surface area contributed by atoms with Gasteiger partial charge in [-0.15, -0.1) is 0 Å². The van der Waals surface area contributed by atoms with E-state index in [1.54, 1.807) is 18.2 Å². The van der Waals surface area contributed by atoms with Crippen LogP contribution in [0.4, 0.5) is 0 Å². The van der Waals surface area contributed by atoms with Crippen LogP contribution in [0.15, 0.2) is 52.9 Å². The fraction of sp³-hybridized carbons (Fsp3) is 0.167. The number of nitrogens with one attached hydrogen (secondary N) is 1. The third-order valence-electron chi connectivity index (χ3n) is 3.63. The molecule has 5 heteroatoms. The largest absolute Gasteiger partial charge is 0.496 e. The summed E-state index contributed by atoms with van der Waals surface area (Å²) in [6.45, 7) is 1.87. The summed E-state index contributed by atoms with van der Waals surface area (Å²) in [5.74, 6) is 0.904. The SMILES string of the molecule is COc1ccc(Cl)cc1C(=O)N[C@@H](C)c1cc2ccccc2o1. The molecule has 2 aromatic carbocycles. The van der Waals surface area contributed by atoms with E-state index < -0.39 is 0 Å². The molecule has 1 N–H and O–H groups in total. The number of rotatable bonds is 4. The van der Waals surface area contributed by atoms with Crippen molar-refractivity contribution in [2.75, 3.05) is 7.11 Å². The van der Waals surface area contributed by atoms with Gasteiger partial charge in [0.15, 0.2) is 0 Å². The zero-order valence-corrected chi connectivity index (χ0v) is 13.6. The van der Waals surface area contributed by atoms with Gasteiger partial charge in [0.2, 0.25) is 0 Å². The minimum Gasteiger partial charge on any atom is -0.496 e. The molecule has 3 aromatic rings. The molecule has 1 amide bonds. The summed E-state index contributed by atoms with van der Waals surface area (Å²) < 4.78 is 11.0. The lowest BCUT2D eigenvalue weighted by Crippen LogP contribution is -2.26. The second kappa shape index (κ2) is 6.34. The molecule has 1 atom stereocenters. The van der Waals surface area contributed by atoms with E-state index in [9.17, 15) is 4.79 Å². The molecule has 1 aromatic heterocycles. The molecule has 0 saturated heterocycles. The number of para-hydroxylation sites is 1. The van der Waals surface area contributed by atoms with E-state index in [1.807, 2.05) is 37.3 Å². The van der Waals surface area contributed by atoms with Gasteiger partial charge in [0.25, 0.3) is 5.91 Å². The predicted octanol–water partition coefficient (Wildman–Crippen LogP) is 4.59. The Labute approximate surface area is 139 Å². The van der Waals surface area contributed by atoms with Crippen LogP contribution in [-0.4, -0.2) is 13.0 Å². The summed E-state index contributed by atoms with van der Waals surface area (Å²) in [4.78, 5) is 12.5. The molecule has 118 valence electrons. The molecule has 0 aliphatic carbocycles. The molecule has 3 rings (SSSR count). The van der Waals surface area contributed by atoms with Crippen LogP contribution < -0.4 is 10.1 Å². The van der Waals surface area contributed by atoms with Crippen molar-refractivity contribution in [3.8, 4) is 5.75 Å². The van der Waals surface area contributed by atoms with Crippen molar-refractivity contribution in [3.05, 3.63) is 64.9 Å². The van der Waals surface area contributed by atoms with Crippen molar-refractivity contribution in [2.24, 2.45) is 0 Å². The van der Waals surface area contributed by atoms with Crippen LogP contribution in [0.2, 0.25) is 5.02 Å². The number of benzene rings is 2. The van der Waals surface area contributed by atoms with Crippen molar-refractivity contribution >= 4 is 28.5 Å². The average molecular weight is 330 g/mol. The number of methoxy groups -OCH3 is 1. The van der Waals surface area contributed by atoms with E-state index in [2.05, 4.69) is 5.32 Å². The topological polar surface area (TPSA) is 51.5 Å². The van der Waals surface area contributed by atoms with Gasteiger partial charge in [0.1, 0.15) is 17.1 Å². The highest BCUT2D eigenvalue weighted by Crippen LogP contribution is 2.26. The molecule has 0 unspecified atom stereocenters. The van der Waals surface area contributed by atoms with Crippen LogP contribution in [0.1, 0.15) is 29.1 Å². The zero-order chi connectivity index (χ0) is 16.4. The summed E-state index contributed by atoms with van der Waals surface area (Å²) in [7, 11) is 1.52. The molecule has 0 aliphatic rings. The summed E-state index contributed by atoms with van der Waals surface area (Å²) >= 11 is 5.97. The van der Waals surface area contributed by atoms with Gasteiger partial charge < -0.3 is 14.5 Å². The van der Waals surface area contributed by atoms with Gasteiger partial charge in [-0.25, -0.2) is 0 Å². The first-order valence-corrected chi connectivity index (χ1v) is 7.59. The Morgan fingerprint density at radius 2 is 2.00 bits per heavy atom. The Kier molecular flexibility index (Phi) is 4.26. The van der Waals surface area contributed by atoms with Gasteiger partial charge in [-0.2, -0.15) is 0 Å². The van der Waals surface area contributed by atoms with Crippen LogP contribution in [0, 0.1) is 0 Å². The van der Waals surface area contributed by atoms with Gasteiger partial charge in [-0.3, -0.25) is 4.79 Å². The number of carbonyl (C=O) groups excluding carboxylic acids is 1. The van der Waals surface area contributed by atoms with Gasteiger partial charge >= 0.3 is 0 Å². The molecule has 0 aliphatic heterocycles. The van der Waals surface area contributed by atoms with Crippen LogP contribution in [0.25, 0.3) is 11.0 Å². The minimum absolute atomic E-state index is 0.266. The van der Waals surface area contributed by atoms with E-state index >= 15 is 0 Å². The Morgan fingerprint density at radius 3 is 2.74 bits per heavy atom. The molecule has 23 heavy (non-hydrogen) atoms. The number of furan rings is 1. The number of ether oxygens (including phenoxy) is 1. The van der Waals surface area contributed by atoms with Crippen LogP contribution in [0.3, 0.4) is 0 Å². The molecular weight excluding hydrogens is 314 g/mol. The monoisotopic (exact) mass is 329 g/mol. The minimum atomic E-state index is -0.279. The molecule has 0 bridgehead atoms. The average Bonchev–Trinajstić information content (AvgIpc) is 2.99. The standard InChI is InChI=1S/C18H16ClNO3/c1-11(17-9-12-5-3-4-6-15(12)23-17)20-18(21)14-10-13(19)7-8-16(14)22-2/h3-11H,1-2H3,(H,20,21)/t11-/m0/s1.